The summed E-state index contributed by atoms with van der Waals surface area (Å²) in [5.41, 5.74) is 0.254. The lowest BCUT2D eigenvalue weighted by molar-refractivity contribution is 0.0623. The number of likely N-dealkylation sites (N-methyl/N-ethyl adjacent to an activating group) is 2. The van der Waals surface area contributed by atoms with Crippen LogP contribution in [-0.2, 0) is 0 Å². The summed E-state index contributed by atoms with van der Waals surface area (Å²) in [5.74, 6) is 0.857. The molecule has 2 rings (SSSR count). The minimum absolute atomic E-state index is 0.254. The first kappa shape index (κ1) is 15.3. The van der Waals surface area contributed by atoms with E-state index in [9.17, 15) is 0 Å². The van der Waals surface area contributed by atoms with Crippen molar-refractivity contribution < 1.29 is 0 Å². The highest BCUT2D eigenvalue weighted by Gasteiger charge is 2.35. The summed E-state index contributed by atoms with van der Waals surface area (Å²) in [4.78, 5) is 5.17. The lowest BCUT2D eigenvalue weighted by atomic mass is 9.78. The fraction of sp³-hybridized carbons (Fsp3) is 1.00. The summed E-state index contributed by atoms with van der Waals surface area (Å²) in [6, 6.07) is 1.60. The number of nitrogens with zero attached hydrogens (tertiary/aromatic N) is 2. The number of rotatable bonds is 5. The van der Waals surface area contributed by atoms with Gasteiger partial charge in [0.2, 0.25) is 0 Å². The van der Waals surface area contributed by atoms with Crippen molar-refractivity contribution >= 4 is 0 Å². The van der Waals surface area contributed by atoms with E-state index in [0.717, 1.165) is 18.0 Å². The number of likely N-dealkylation sites (tertiary alicyclic amines) is 1. The molecule has 19 heavy (non-hydrogen) atoms. The standard InChI is InChI=1S/C16H33N3/c1-16(2,3)17-11-13-8-9-15(13)19(5)12-14-7-6-10-18(14)4/h13-15,17H,6-12H2,1-5H3. The third-order valence-corrected chi connectivity index (χ3v) is 5.01. The predicted octanol–water partition coefficient (Wildman–Crippen LogP) is 2.18. The molecule has 2 aliphatic rings. The fourth-order valence-corrected chi connectivity index (χ4v) is 3.48. The normalized spacial score (nSPS) is 32.8. The third-order valence-electron chi connectivity index (χ3n) is 5.01. The van der Waals surface area contributed by atoms with Crippen LogP contribution in [-0.4, -0.2) is 61.2 Å². The van der Waals surface area contributed by atoms with Gasteiger partial charge < -0.3 is 15.1 Å². The second-order valence-electron chi connectivity index (χ2n) is 7.75. The van der Waals surface area contributed by atoms with Gasteiger partial charge in [-0.2, -0.15) is 0 Å². The van der Waals surface area contributed by atoms with E-state index >= 15 is 0 Å². The molecule has 0 radical (unpaired) electrons. The van der Waals surface area contributed by atoms with Crippen LogP contribution in [0, 0.1) is 5.92 Å². The quantitative estimate of drug-likeness (QED) is 0.824. The first-order valence-electron chi connectivity index (χ1n) is 8.02. The lowest BCUT2D eigenvalue weighted by Crippen LogP contribution is -2.53. The molecular formula is C16H33N3. The van der Waals surface area contributed by atoms with Crippen molar-refractivity contribution in [2.24, 2.45) is 5.92 Å². The number of hydrogen-bond acceptors (Lipinski definition) is 3. The Hall–Kier alpha value is -0.120. The van der Waals surface area contributed by atoms with Gasteiger partial charge in [0.1, 0.15) is 0 Å². The van der Waals surface area contributed by atoms with E-state index in [0.29, 0.717) is 0 Å². The van der Waals surface area contributed by atoms with Crippen LogP contribution in [0.1, 0.15) is 46.5 Å². The van der Waals surface area contributed by atoms with Crippen molar-refractivity contribution in [3.63, 3.8) is 0 Å². The van der Waals surface area contributed by atoms with Crippen molar-refractivity contribution in [1.82, 2.24) is 15.1 Å². The maximum Gasteiger partial charge on any atom is 0.0220 e. The highest BCUT2D eigenvalue weighted by atomic mass is 15.2. The maximum absolute atomic E-state index is 3.67. The zero-order valence-corrected chi connectivity index (χ0v) is 13.6. The summed E-state index contributed by atoms with van der Waals surface area (Å²) in [6.45, 7) is 10.5. The Morgan fingerprint density at radius 3 is 2.42 bits per heavy atom. The van der Waals surface area contributed by atoms with Crippen LogP contribution in [0.15, 0.2) is 0 Å². The summed E-state index contributed by atoms with van der Waals surface area (Å²) in [7, 11) is 4.62. The molecule has 0 amide bonds. The molecule has 0 aromatic carbocycles. The summed E-state index contributed by atoms with van der Waals surface area (Å²) in [6.07, 6.45) is 5.56. The van der Waals surface area contributed by atoms with Gasteiger partial charge in [-0.1, -0.05) is 0 Å². The Labute approximate surface area is 119 Å². The van der Waals surface area contributed by atoms with Crippen LogP contribution in [0.5, 0.6) is 0 Å². The molecule has 3 unspecified atom stereocenters. The summed E-state index contributed by atoms with van der Waals surface area (Å²) >= 11 is 0. The highest BCUT2D eigenvalue weighted by Crippen LogP contribution is 2.32. The largest absolute Gasteiger partial charge is 0.312 e. The lowest BCUT2D eigenvalue weighted by Gasteiger charge is -2.45. The van der Waals surface area contributed by atoms with E-state index in [1.807, 2.05) is 0 Å². The van der Waals surface area contributed by atoms with Crippen molar-refractivity contribution in [3.8, 4) is 0 Å². The molecule has 2 fully saturated rings. The summed E-state index contributed by atoms with van der Waals surface area (Å²) < 4.78 is 0. The molecule has 3 atom stereocenters. The zero-order valence-electron chi connectivity index (χ0n) is 13.6. The SMILES string of the molecule is CN1CCCC1CN(C)C1CCC1CNC(C)(C)C. The Bertz CT molecular complexity index is 284. The Morgan fingerprint density at radius 1 is 1.21 bits per heavy atom. The first-order chi connectivity index (χ1) is 8.87. The second-order valence-corrected chi connectivity index (χ2v) is 7.75. The van der Waals surface area contributed by atoms with E-state index in [1.165, 1.54) is 45.3 Å². The van der Waals surface area contributed by atoms with E-state index in [1.54, 1.807) is 0 Å². The molecule has 3 nitrogen and oxygen atoms in total. The molecule has 0 aromatic rings. The van der Waals surface area contributed by atoms with Crippen LogP contribution in [0.25, 0.3) is 0 Å². The van der Waals surface area contributed by atoms with E-state index in [2.05, 4.69) is 50.0 Å². The Balaban J connectivity index is 1.75. The Morgan fingerprint density at radius 2 is 1.95 bits per heavy atom. The molecular weight excluding hydrogens is 234 g/mol. The predicted molar refractivity (Wildman–Crippen MR) is 82.5 cm³/mol. The van der Waals surface area contributed by atoms with Crippen molar-refractivity contribution in [1.29, 1.82) is 0 Å². The van der Waals surface area contributed by atoms with Gasteiger partial charge in [0, 0.05) is 24.2 Å². The maximum atomic E-state index is 3.67. The third kappa shape index (κ3) is 4.17. The molecule has 1 N–H and O–H groups in total. The van der Waals surface area contributed by atoms with Crippen molar-refractivity contribution in [3.05, 3.63) is 0 Å². The molecule has 1 saturated heterocycles. The molecule has 0 bridgehead atoms. The highest BCUT2D eigenvalue weighted by molar-refractivity contribution is 4.92. The van der Waals surface area contributed by atoms with Gasteiger partial charge >= 0.3 is 0 Å². The number of nitrogens with one attached hydrogen (secondary N) is 1. The molecule has 0 spiro atoms. The first-order valence-corrected chi connectivity index (χ1v) is 8.02. The molecule has 1 heterocycles. The van der Waals surface area contributed by atoms with Gasteiger partial charge in [0.15, 0.2) is 0 Å². The van der Waals surface area contributed by atoms with E-state index in [-0.39, 0.29) is 5.54 Å². The van der Waals surface area contributed by atoms with E-state index < -0.39 is 0 Å². The van der Waals surface area contributed by atoms with Gasteiger partial charge in [-0.25, -0.2) is 0 Å². The van der Waals surface area contributed by atoms with Gasteiger partial charge in [0.05, 0.1) is 0 Å². The van der Waals surface area contributed by atoms with Crippen LogP contribution >= 0.6 is 0 Å². The average Bonchev–Trinajstić information content (AvgIpc) is 2.61. The van der Waals surface area contributed by atoms with Crippen molar-refractivity contribution in [2.75, 3.05) is 33.7 Å². The summed E-state index contributed by atoms with van der Waals surface area (Å²) in [5, 5.41) is 3.67. The smallest absolute Gasteiger partial charge is 0.0220 e. The zero-order chi connectivity index (χ0) is 14.0. The minimum Gasteiger partial charge on any atom is -0.312 e. The van der Waals surface area contributed by atoms with Crippen molar-refractivity contribution in [2.45, 2.75) is 64.1 Å². The molecule has 0 aromatic heterocycles. The van der Waals surface area contributed by atoms with Crippen LogP contribution in [0.2, 0.25) is 0 Å². The number of hydrogen-bond donors (Lipinski definition) is 1. The molecule has 1 aliphatic heterocycles. The van der Waals surface area contributed by atoms with Crippen LogP contribution in [0.4, 0.5) is 0 Å². The Kier molecular flexibility index (Phi) is 4.91. The van der Waals surface area contributed by atoms with Gasteiger partial charge in [-0.3, -0.25) is 0 Å². The van der Waals surface area contributed by atoms with Crippen LogP contribution < -0.4 is 5.32 Å². The molecule has 1 saturated carbocycles. The van der Waals surface area contributed by atoms with E-state index in [4.69, 9.17) is 0 Å². The second kappa shape index (κ2) is 6.11. The average molecular weight is 267 g/mol. The minimum atomic E-state index is 0.254. The van der Waals surface area contributed by atoms with Gasteiger partial charge in [-0.05, 0) is 79.6 Å². The molecule has 3 heteroatoms. The van der Waals surface area contributed by atoms with Crippen LogP contribution in [0.3, 0.4) is 0 Å². The molecule has 1 aliphatic carbocycles. The topological polar surface area (TPSA) is 18.5 Å². The fourth-order valence-electron chi connectivity index (χ4n) is 3.48. The monoisotopic (exact) mass is 267 g/mol. The van der Waals surface area contributed by atoms with Gasteiger partial charge in [-0.15, -0.1) is 0 Å². The molecule has 112 valence electrons. The van der Waals surface area contributed by atoms with Gasteiger partial charge in [0.25, 0.3) is 0 Å².